The normalized spacial score (nSPS) is 12.7. The van der Waals surface area contributed by atoms with Crippen molar-refractivity contribution in [2.45, 2.75) is 0 Å². The van der Waals surface area contributed by atoms with Crippen LogP contribution in [0.3, 0.4) is 0 Å². The lowest BCUT2D eigenvalue weighted by molar-refractivity contribution is 0.103. The number of ketones is 2. The minimum atomic E-state index is -0.0881. The van der Waals surface area contributed by atoms with Gasteiger partial charge in [-0.15, -0.1) is 0 Å². The molecule has 0 N–H and O–H groups in total. The van der Waals surface area contributed by atoms with Crippen molar-refractivity contribution in [3.8, 4) is 0 Å². The molecule has 0 unspecified atom stereocenters. The fraction of sp³-hybridized carbons (Fsp3) is 0. The van der Waals surface area contributed by atoms with Crippen LogP contribution >= 0.6 is 0 Å². The second-order valence-electron chi connectivity index (χ2n) is 7.23. The lowest BCUT2D eigenvalue weighted by Crippen LogP contribution is -2.08. The smallest absolute Gasteiger partial charge is 0.194 e. The van der Waals surface area contributed by atoms with E-state index in [1.165, 1.54) is 0 Å². The minimum Gasteiger partial charge on any atom is -0.289 e. The lowest BCUT2D eigenvalue weighted by Gasteiger charge is -2.12. The fourth-order valence-corrected chi connectivity index (χ4v) is 4.09. The maximum Gasteiger partial charge on any atom is 0.194 e. The Bertz CT molecular complexity index is 1300. The van der Waals surface area contributed by atoms with E-state index in [9.17, 15) is 9.59 Å². The zero-order valence-electron chi connectivity index (χ0n) is 16.2. The third-order valence-electron chi connectivity index (χ3n) is 5.46. The van der Waals surface area contributed by atoms with Crippen LogP contribution in [0.2, 0.25) is 0 Å². The molecule has 0 fully saturated rings. The Morgan fingerprint density at radius 2 is 1.03 bits per heavy atom. The summed E-state index contributed by atoms with van der Waals surface area (Å²) >= 11 is 0. The molecule has 4 aromatic carbocycles. The van der Waals surface area contributed by atoms with Gasteiger partial charge >= 0.3 is 0 Å². The summed E-state index contributed by atoms with van der Waals surface area (Å²) in [5.74, 6) is -0.132. The van der Waals surface area contributed by atoms with E-state index in [0.29, 0.717) is 27.8 Å². The van der Waals surface area contributed by atoms with Crippen LogP contribution in [-0.2, 0) is 0 Å². The van der Waals surface area contributed by atoms with Gasteiger partial charge < -0.3 is 0 Å². The predicted octanol–water partition coefficient (Wildman–Crippen LogP) is 6.07. The molecule has 0 saturated heterocycles. The number of rotatable bonds is 4. The molecule has 5 rings (SSSR count). The van der Waals surface area contributed by atoms with Crippen LogP contribution in [0.4, 0.5) is 0 Å². The molecule has 1 aliphatic carbocycles. The van der Waals surface area contributed by atoms with Gasteiger partial charge in [-0.1, -0.05) is 109 Å². The third kappa shape index (κ3) is 2.90. The number of benzene rings is 4. The maximum atomic E-state index is 13.5. The van der Waals surface area contributed by atoms with E-state index in [0.717, 1.165) is 16.7 Å². The first-order chi connectivity index (χ1) is 14.8. The summed E-state index contributed by atoms with van der Waals surface area (Å²) in [7, 11) is 0. The lowest BCUT2D eigenvalue weighted by atomic mass is 9.89. The molecule has 0 heterocycles. The summed E-state index contributed by atoms with van der Waals surface area (Å²) in [5.41, 5.74) is 5.83. The highest BCUT2D eigenvalue weighted by Crippen LogP contribution is 2.43. The van der Waals surface area contributed by atoms with Crippen LogP contribution < -0.4 is 0 Å². The van der Waals surface area contributed by atoms with Crippen LogP contribution in [0.1, 0.15) is 43.0 Å². The first-order valence-electron chi connectivity index (χ1n) is 9.88. The van der Waals surface area contributed by atoms with E-state index in [4.69, 9.17) is 0 Å². The molecule has 0 aliphatic heterocycles. The maximum absolute atomic E-state index is 13.5. The van der Waals surface area contributed by atoms with Gasteiger partial charge in [0.15, 0.2) is 11.6 Å². The molecule has 4 aromatic rings. The molecule has 0 aromatic heterocycles. The average Bonchev–Trinajstić information content (AvgIpc) is 3.12. The van der Waals surface area contributed by atoms with E-state index in [1.807, 2.05) is 91.0 Å². The van der Waals surface area contributed by atoms with E-state index in [2.05, 4.69) is 0 Å². The summed E-state index contributed by atoms with van der Waals surface area (Å²) in [6.45, 7) is 0. The summed E-state index contributed by atoms with van der Waals surface area (Å²) < 4.78 is 0. The van der Waals surface area contributed by atoms with Crippen molar-refractivity contribution in [3.63, 3.8) is 0 Å². The summed E-state index contributed by atoms with van der Waals surface area (Å²) in [6.07, 6.45) is 0. The molecule has 1 aliphatic rings. The molecule has 0 atom stereocenters. The first-order valence-corrected chi connectivity index (χ1v) is 9.88. The molecular weight excluding hydrogens is 368 g/mol. The standard InChI is InChI=1S/C28H18O2/c29-27(20-13-5-2-6-14-20)23-17-9-8-16-22(23)26-25(19-11-3-1-4-12-19)21-15-7-10-18-24(21)28(26)30/h1-18H. The zero-order valence-corrected chi connectivity index (χ0v) is 16.2. The Labute approximate surface area is 175 Å². The number of hydrogen-bond donors (Lipinski definition) is 0. The van der Waals surface area contributed by atoms with Crippen LogP contribution in [0.25, 0.3) is 11.1 Å². The molecule has 0 bridgehead atoms. The van der Waals surface area contributed by atoms with Crippen LogP contribution in [0, 0.1) is 0 Å². The van der Waals surface area contributed by atoms with Gasteiger partial charge in [0.1, 0.15) is 0 Å². The van der Waals surface area contributed by atoms with Gasteiger partial charge in [0.05, 0.1) is 0 Å². The van der Waals surface area contributed by atoms with Crippen LogP contribution in [-0.4, -0.2) is 11.6 Å². The second kappa shape index (κ2) is 7.41. The van der Waals surface area contributed by atoms with Gasteiger partial charge in [-0.2, -0.15) is 0 Å². The number of hydrogen-bond acceptors (Lipinski definition) is 2. The first kappa shape index (κ1) is 18.0. The van der Waals surface area contributed by atoms with E-state index in [-0.39, 0.29) is 11.6 Å². The number of fused-ring (bicyclic) bond motifs is 1. The Hall–Kier alpha value is -4.04. The highest BCUT2D eigenvalue weighted by atomic mass is 16.1. The molecular formula is C28H18O2. The summed E-state index contributed by atoms with van der Waals surface area (Å²) in [5, 5.41) is 0. The van der Waals surface area contributed by atoms with Crippen LogP contribution in [0.15, 0.2) is 109 Å². The monoisotopic (exact) mass is 386 g/mol. The summed E-state index contributed by atoms with van der Waals surface area (Å²) in [4.78, 5) is 26.8. The van der Waals surface area contributed by atoms with Gasteiger partial charge in [0, 0.05) is 27.8 Å². The SMILES string of the molecule is O=C1C(c2ccccc2C(=O)c2ccccc2)=C(c2ccccc2)c2ccccc21. The third-order valence-corrected chi connectivity index (χ3v) is 5.46. The molecule has 0 spiro atoms. The highest BCUT2D eigenvalue weighted by molar-refractivity contribution is 6.42. The Morgan fingerprint density at radius 3 is 1.73 bits per heavy atom. The molecule has 2 nitrogen and oxygen atoms in total. The van der Waals surface area contributed by atoms with Gasteiger partial charge in [0.2, 0.25) is 0 Å². The van der Waals surface area contributed by atoms with Gasteiger partial charge in [-0.05, 0) is 16.7 Å². The second-order valence-corrected chi connectivity index (χ2v) is 7.23. The van der Waals surface area contributed by atoms with E-state index >= 15 is 0 Å². The topological polar surface area (TPSA) is 34.1 Å². The molecule has 0 radical (unpaired) electrons. The Balaban J connectivity index is 1.78. The molecule has 0 saturated carbocycles. The number of carbonyl (C=O) groups is 2. The molecule has 142 valence electrons. The Morgan fingerprint density at radius 1 is 0.500 bits per heavy atom. The van der Waals surface area contributed by atoms with Crippen molar-refractivity contribution in [1.29, 1.82) is 0 Å². The minimum absolute atomic E-state index is 0.0437. The number of carbonyl (C=O) groups excluding carboxylic acids is 2. The summed E-state index contributed by atoms with van der Waals surface area (Å²) in [6, 6.07) is 34.1. The van der Waals surface area contributed by atoms with Gasteiger partial charge in [-0.3, -0.25) is 9.59 Å². The predicted molar refractivity (Wildman–Crippen MR) is 119 cm³/mol. The fourth-order valence-electron chi connectivity index (χ4n) is 4.09. The quantitative estimate of drug-likeness (QED) is 0.399. The van der Waals surface area contributed by atoms with Crippen molar-refractivity contribution in [3.05, 3.63) is 143 Å². The van der Waals surface area contributed by atoms with E-state index in [1.54, 1.807) is 18.2 Å². The highest BCUT2D eigenvalue weighted by Gasteiger charge is 2.32. The number of allylic oxidation sites excluding steroid dienone is 1. The molecule has 30 heavy (non-hydrogen) atoms. The van der Waals surface area contributed by atoms with Gasteiger partial charge in [-0.25, -0.2) is 0 Å². The Kier molecular flexibility index (Phi) is 4.45. The molecule has 0 amide bonds. The van der Waals surface area contributed by atoms with Gasteiger partial charge in [0.25, 0.3) is 0 Å². The van der Waals surface area contributed by atoms with Crippen molar-refractivity contribution in [2.24, 2.45) is 0 Å². The van der Waals surface area contributed by atoms with Crippen molar-refractivity contribution < 1.29 is 9.59 Å². The average molecular weight is 386 g/mol. The zero-order chi connectivity index (χ0) is 20.5. The largest absolute Gasteiger partial charge is 0.289 e. The van der Waals surface area contributed by atoms with Crippen LogP contribution in [0.5, 0.6) is 0 Å². The number of Topliss-reactive ketones (excluding diaryl/α,β-unsaturated/α-hetero) is 1. The van der Waals surface area contributed by atoms with Crippen molar-refractivity contribution in [2.75, 3.05) is 0 Å². The van der Waals surface area contributed by atoms with E-state index < -0.39 is 0 Å². The van der Waals surface area contributed by atoms with Crippen molar-refractivity contribution >= 4 is 22.7 Å². The molecule has 2 heteroatoms. The van der Waals surface area contributed by atoms with Crippen molar-refractivity contribution in [1.82, 2.24) is 0 Å².